The topological polar surface area (TPSA) is 58.4 Å². The van der Waals surface area contributed by atoms with Crippen LogP contribution in [-0.2, 0) is 17.9 Å². The van der Waals surface area contributed by atoms with Gasteiger partial charge in [0.15, 0.2) is 0 Å². The Morgan fingerprint density at radius 3 is 2.29 bits per heavy atom. The first kappa shape index (κ1) is 17.4. The van der Waals surface area contributed by atoms with Gasteiger partial charge < -0.3 is 11.1 Å². The summed E-state index contributed by atoms with van der Waals surface area (Å²) in [5.41, 5.74) is 8.16. The summed E-state index contributed by atoms with van der Waals surface area (Å²) in [6.07, 6.45) is 9.07. The van der Waals surface area contributed by atoms with Gasteiger partial charge in [-0.15, -0.1) is 0 Å². The van der Waals surface area contributed by atoms with Gasteiger partial charge >= 0.3 is 0 Å². The predicted molar refractivity (Wildman–Crippen MR) is 97.4 cm³/mol. The van der Waals surface area contributed by atoms with E-state index in [1.165, 1.54) is 49.9 Å². The molecule has 3 rings (SSSR count). The van der Waals surface area contributed by atoms with E-state index in [4.69, 9.17) is 5.73 Å². The van der Waals surface area contributed by atoms with E-state index in [0.717, 1.165) is 32.2 Å². The Morgan fingerprint density at radius 2 is 1.62 bits per heavy atom. The number of amides is 1. The summed E-state index contributed by atoms with van der Waals surface area (Å²) in [4.78, 5) is 15.0. The molecule has 1 heterocycles. The summed E-state index contributed by atoms with van der Waals surface area (Å²) < 4.78 is 0. The number of nitrogens with zero attached hydrogens (tertiary/aromatic N) is 1. The summed E-state index contributed by atoms with van der Waals surface area (Å²) in [7, 11) is 0. The number of carbonyl (C=O) groups excluding carboxylic acids is 1. The largest absolute Gasteiger partial charge is 0.350 e. The minimum atomic E-state index is -0.639. The molecule has 1 aromatic rings. The number of nitrogens with two attached hydrogens (primary N) is 1. The molecule has 0 atom stereocenters. The molecule has 24 heavy (non-hydrogen) atoms. The van der Waals surface area contributed by atoms with Crippen molar-refractivity contribution >= 4 is 5.91 Å². The van der Waals surface area contributed by atoms with Crippen molar-refractivity contribution in [2.24, 2.45) is 5.73 Å². The van der Waals surface area contributed by atoms with Crippen LogP contribution in [-0.4, -0.2) is 29.4 Å². The first-order valence-corrected chi connectivity index (χ1v) is 9.54. The standard InChI is InChI=1S/C20H31N3O/c21-20(11-5-6-12-20)19(24)22-15-17-9-3-4-10-18(17)16-23-13-7-1-2-8-14-23/h3-4,9-10H,1-2,5-8,11-16,21H2,(H,22,24). The van der Waals surface area contributed by atoms with E-state index < -0.39 is 5.54 Å². The molecule has 0 bridgehead atoms. The zero-order chi connectivity index (χ0) is 16.8. The highest BCUT2D eigenvalue weighted by molar-refractivity contribution is 5.86. The van der Waals surface area contributed by atoms with Crippen molar-refractivity contribution in [2.45, 2.75) is 70.0 Å². The third-order valence-electron chi connectivity index (χ3n) is 5.60. The highest BCUT2D eigenvalue weighted by Crippen LogP contribution is 2.27. The van der Waals surface area contributed by atoms with Gasteiger partial charge in [-0.05, 0) is 49.9 Å². The van der Waals surface area contributed by atoms with Gasteiger partial charge in [0, 0.05) is 13.1 Å². The lowest BCUT2D eigenvalue weighted by Crippen LogP contribution is -2.51. The maximum Gasteiger partial charge on any atom is 0.240 e. The highest BCUT2D eigenvalue weighted by atomic mass is 16.2. The molecule has 1 saturated carbocycles. The van der Waals surface area contributed by atoms with Crippen LogP contribution in [0, 0.1) is 0 Å². The Hall–Kier alpha value is -1.39. The molecular weight excluding hydrogens is 298 g/mol. The number of rotatable bonds is 5. The SMILES string of the molecule is NC1(C(=O)NCc2ccccc2CN2CCCCCC2)CCCC1. The van der Waals surface area contributed by atoms with Gasteiger partial charge in [0.25, 0.3) is 0 Å². The molecule has 1 aromatic carbocycles. The zero-order valence-electron chi connectivity index (χ0n) is 14.7. The second-order valence-electron chi connectivity index (χ2n) is 7.50. The van der Waals surface area contributed by atoms with E-state index in [9.17, 15) is 4.79 Å². The third-order valence-corrected chi connectivity index (χ3v) is 5.60. The summed E-state index contributed by atoms with van der Waals surface area (Å²) in [5, 5.41) is 3.09. The summed E-state index contributed by atoms with van der Waals surface area (Å²) in [6, 6.07) is 8.48. The lowest BCUT2D eigenvalue weighted by atomic mass is 9.98. The maximum atomic E-state index is 12.4. The lowest BCUT2D eigenvalue weighted by Gasteiger charge is -2.24. The number of likely N-dealkylation sites (tertiary alicyclic amines) is 1. The van der Waals surface area contributed by atoms with Crippen LogP contribution in [0.3, 0.4) is 0 Å². The second kappa shape index (κ2) is 8.13. The minimum absolute atomic E-state index is 0.0181. The molecule has 0 radical (unpaired) electrons. The van der Waals surface area contributed by atoms with Crippen LogP contribution in [0.4, 0.5) is 0 Å². The molecule has 2 fully saturated rings. The van der Waals surface area contributed by atoms with Crippen LogP contribution in [0.1, 0.15) is 62.5 Å². The Morgan fingerprint density at radius 1 is 1.00 bits per heavy atom. The van der Waals surface area contributed by atoms with Crippen LogP contribution in [0.15, 0.2) is 24.3 Å². The Kier molecular flexibility index (Phi) is 5.90. The number of benzene rings is 1. The molecule has 0 aromatic heterocycles. The number of nitrogens with one attached hydrogen (secondary N) is 1. The summed E-state index contributed by atoms with van der Waals surface area (Å²) in [5.74, 6) is 0.0181. The normalized spacial score (nSPS) is 21.4. The van der Waals surface area contributed by atoms with Crippen LogP contribution < -0.4 is 11.1 Å². The second-order valence-corrected chi connectivity index (χ2v) is 7.50. The molecule has 3 N–H and O–H groups in total. The number of carbonyl (C=O) groups is 1. The van der Waals surface area contributed by atoms with Crippen LogP contribution in [0.2, 0.25) is 0 Å². The highest BCUT2D eigenvalue weighted by Gasteiger charge is 2.36. The van der Waals surface area contributed by atoms with Crippen molar-refractivity contribution < 1.29 is 4.79 Å². The van der Waals surface area contributed by atoms with Crippen molar-refractivity contribution in [3.8, 4) is 0 Å². The predicted octanol–water partition coefficient (Wildman–Crippen LogP) is 2.95. The van der Waals surface area contributed by atoms with Gasteiger partial charge in [-0.25, -0.2) is 0 Å². The fourth-order valence-corrected chi connectivity index (χ4v) is 4.00. The average molecular weight is 329 g/mol. The Bertz CT molecular complexity index is 544. The molecule has 0 spiro atoms. The van der Waals surface area contributed by atoms with Crippen molar-refractivity contribution in [2.75, 3.05) is 13.1 Å². The zero-order valence-corrected chi connectivity index (χ0v) is 14.7. The van der Waals surface area contributed by atoms with Gasteiger partial charge in [-0.1, -0.05) is 49.9 Å². The Labute approximate surface area is 145 Å². The molecular formula is C20H31N3O. The lowest BCUT2D eigenvalue weighted by molar-refractivity contribution is -0.126. The van der Waals surface area contributed by atoms with E-state index >= 15 is 0 Å². The molecule has 4 heteroatoms. The number of hydrogen-bond donors (Lipinski definition) is 2. The molecule has 2 aliphatic rings. The van der Waals surface area contributed by atoms with E-state index in [0.29, 0.717) is 6.54 Å². The molecule has 1 amide bonds. The smallest absolute Gasteiger partial charge is 0.240 e. The first-order valence-electron chi connectivity index (χ1n) is 9.54. The van der Waals surface area contributed by atoms with Crippen molar-refractivity contribution in [1.82, 2.24) is 10.2 Å². The fourth-order valence-electron chi connectivity index (χ4n) is 4.00. The van der Waals surface area contributed by atoms with E-state index in [-0.39, 0.29) is 5.91 Å². The van der Waals surface area contributed by atoms with E-state index in [1.54, 1.807) is 0 Å². The van der Waals surface area contributed by atoms with E-state index in [1.807, 2.05) is 0 Å². The van der Waals surface area contributed by atoms with Gasteiger partial charge in [-0.2, -0.15) is 0 Å². The van der Waals surface area contributed by atoms with Gasteiger partial charge in [0.1, 0.15) is 0 Å². The molecule has 0 unspecified atom stereocenters. The van der Waals surface area contributed by atoms with Crippen molar-refractivity contribution in [3.05, 3.63) is 35.4 Å². The van der Waals surface area contributed by atoms with Crippen molar-refractivity contribution in [3.63, 3.8) is 0 Å². The molecule has 1 aliphatic heterocycles. The Balaban J connectivity index is 1.60. The molecule has 1 saturated heterocycles. The minimum Gasteiger partial charge on any atom is -0.350 e. The van der Waals surface area contributed by atoms with Gasteiger partial charge in [0.2, 0.25) is 5.91 Å². The van der Waals surface area contributed by atoms with Gasteiger partial charge in [-0.3, -0.25) is 9.69 Å². The van der Waals surface area contributed by atoms with Crippen LogP contribution in [0.5, 0.6) is 0 Å². The first-order chi connectivity index (χ1) is 11.7. The number of hydrogen-bond acceptors (Lipinski definition) is 3. The molecule has 132 valence electrons. The molecule has 1 aliphatic carbocycles. The fraction of sp³-hybridized carbons (Fsp3) is 0.650. The quantitative estimate of drug-likeness (QED) is 0.873. The summed E-state index contributed by atoms with van der Waals surface area (Å²) >= 11 is 0. The van der Waals surface area contributed by atoms with Crippen LogP contribution >= 0.6 is 0 Å². The molecule has 4 nitrogen and oxygen atoms in total. The van der Waals surface area contributed by atoms with Crippen molar-refractivity contribution in [1.29, 1.82) is 0 Å². The van der Waals surface area contributed by atoms with Crippen LogP contribution in [0.25, 0.3) is 0 Å². The maximum absolute atomic E-state index is 12.4. The average Bonchev–Trinajstić information content (AvgIpc) is 2.88. The summed E-state index contributed by atoms with van der Waals surface area (Å²) in [6.45, 7) is 3.95. The monoisotopic (exact) mass is 329 g/mol. The van der Waals surface area contributed by atoms with E-state index in [2.05, 4.69) is 34.5 Å². The van der Waals surface area contributed by atoms with Gasteiger partial charge in [0.05, 0.1) is 5.54 Å². The third kappa shape index (κ3) is 4.37.